The number of rotatable bonds is 5. The molecular formula is C15H16ClFN2O. The molecule has 0 radical (unpaired) electrons. The Kier molecular flexibility index (Phi) is 4.82. The van der Waals surface area contributed by atoms with Gasteiger partial charge in [-0.25, -0.2) is 4.39 Å². The Bertz CT molecular complexity index is 575. The van der Waals surface area contributed by atoms with Gasteiger partial charge in [0, 0.05) is 17.8 Å². The van der Waals surface area contributed by atoms with E-state index in [4.69, 9.17) is 22.1 Å². The normalized spacial score (nSPS) is 12.0. The molecule has 1 atom stereocenters. The topological polar surface area (TPSA) is 47.3 Å². The van der Waals surface area contributed by atoms with Crippen molar-refractivity contribution in [2.75, 3.05) is 19.0 Å². The highest BCUT2D eigenvalue weighted by molar-refractivity contribution is 6.30. The number of anilines is 1. The molecule has 0 aliphatic heterocycles. The fourth-order valence-electron chi connectivity index (χ4n) is 1.94. The van der Waals surface area contributed by atoms with Crippen LogP contribution in [0.3, 0.4) is 0 Å². The van der Waals surface area contributed by atoms with Crippen LogP contribution in [0.15, 0.2) is 42.5 Å². The summed E-state index contributed by atoms with van der Waals surface area (Å²) in [6.45, 7) is 0.253. The summed E-state index contributed by atoms with van der Waals surface area (Å²) in [6, 6.07) is 11.9. The van der Waals surface area contributed by atoms with Crippen LogP contribution in [0.4, 0.5) is 10.1 Å². The van der Waals surface area contributed by atoms with Gasteiger partial charge >= 0.3 is 0 Å². The van der Waals surface area contributed by atoms with Gasteiger partial charge in [0.2, 0.25) is 0 Å². The average Bonchev–Trinajstić information content (AvgIpc) is 2.48. The summed E-state index contributed by atoms with van der Waals surface area (Å²) in [5, 5.41) is 3.28. The molecule has 0 amide bonds. The SMILES string of the molecule is COc1ccc(NC(CN)c2cccc(Cl)c2F)cc1. The Balaban J connectivity index is 2.21. The molecular weight excluding hydrogens is 279 g/mol. The Hall–Kier alpha value is -1.78. The lowest BCUT2D eigenvalue weighted by Gasteiger charge is -2.19. The highest BCUT2D eigenvalue weighted by Crippen LogP contribution is 2.26. The molecule has 0 bridgehead atoms. The van der Waals surface area contributed by atoms with Crippen molar-refractivity contribution in [3.8, 4) is 5.75 Å². The molecule has 20 heavy (non-hydrogen) atoms. The van der Waals surface area contributed by atoms with Crippen molar-refractivity contribution in [3.63, 3.8) is 0 Å². The van der Waals surface area contributed by atoms with Crippen molar-refractivity contribution in [2.24, 2.45) is 5.73 Å². The first-order valence-electron chi connectivity index (χ1n) is 6.20. The van der Waals surface area contributed by atoms with E-state index in [2.05, 4.69) is 5.32 Å². The van der Waals surface area contributed by atoms with Gasteiger partial charge in [0.25, 0.3) is 0 Å². The van der Waals surface area contributed by atoms with Gasteiger partial charge in [0.1, 0.15) is 11.6 Å². The maximum absolute atomic E-state index is 14.0. The van der Waals surface area contributed by atoms with Crippen molar-refractivity contribution < 1.29 is 9.13 Å². The molecule has 0 aromatic heterocycles. The van der Waals surface area contributed by atoms with Crippen molar-refractivity contribution in [2.45, 2.75) is 6.04 Å². The van der Waals surface area contributed by atoms with Crippen molar-refractivity contribution >= 4 is 17.3 Å². The zero-order valence-electron chi connectivity index (χ0n) is 11.1. The maximum Gasteiger partial charge on any atom is 0.147 e. The molecule has 2 rings (SSSR count). The smallest absolute Gasteiger partial charge is 0.147 e. The van der Waals surface area contributed by atoms with Gasteiger partial charge in [-0.1, -0.05) is 23.7 Å². The van der Waals surface area contributed by atoms with E-state index in [1.807, 2.05) is 24.3 Å². The van der Waals surface area contributed by atoms with Crippen LogP contribution in [-0.2, 0) is 0 Å². The Morgan fingerprint density at radius 1 is 1.25 bits per heavy atom. The molecule has 0 saturated carbocycles. The van der Waals surface area contributed by atoms with E-state index in [9.17, 15) is 4.39 Å². The number of ether oxygens (including phenoxy) is 1. The Morgan fingerprint density at radius 2 is 1.95 bits per heavy atom. The zero-order valence-corrected chi connectivity index (χ0v) is 11.8. The van der Waals surface area contributed by atoms with E-state index >= 15 is 0 Å². The lowest BCUT2D eigenvalue weighted by atomic mass is 10.1. The molecule has 0 aliphatic rings. The molecule has 3 N–H and O–H groups in total. The van der Waals surface area contributed by atoms with E-state index in [1.165, 1.54) is 6.07 Å². The summed E-state index contributed by atoms with van der Waals surface area (Å²) in [6.07, 6.45) is 0. The second-order valence-corrected chi connectivity index (χ2v) is 4.71. The minimum Gasteiger partial charge on any atom is -0.497 e. The molecule has 2 aromatic rings. The van der Waals surface area contributed by atoms with Gasteiger partial charge in [0.05, 0.1) is 18.2 Å². The summed E-state index contributed by atoms with van der Waals surface area (Å²) < 4.78 is 19.1. The van der Waals surface area contributed by atoms with Crippen LogP contribution in [0, 0.1) is 5.82 Å². The van der Waals surface area contributed by atoms with Gasteiger partial charge in [-0.05, 0) is 30.3 Å². The fourth-order valence-corrected chi connectivity index (χ4v) is 2.12. The molecule has 0 heterocycles. The van der Waals surface area contributed by atoms with Crippen molar-refractivity contribution in [3.05, 3.63) is 58.9 Å². The first kappa shape index (κ1) is 14.6. The third-order valence-electron chi connectivity index (χ3n) is 3.02. The number of hydrogen-bond acceptors (Lipinski definition) is 3. The Morgan fingerprint density at radius 3 is 2.55 bits per heavy atom. The third kappa shape index (κ3) is 3.21. The minimum atomic E-state index is -0.439. The van der Waals surface area contributed by atoms with Crippen LogP contribution < -0.4 is 15.8 Å². The molecule has 0 spiro atoms. The first-order chi connectivity index (χ1) is 9.65. The molecule has 0 aliphatic carbocycles. The van der Waals surface area contributed by atoms with Gasteiger partial charge in [0.15, 0.2) is 0 Å². The number of halogens is 2. The van der Waals surface area contributed by atoms with Gasteiger partial charge < -0.3 is 15.8 Å². The van der Waals surface area contributed by atoms with Gasteiger partial charge in [-0.15, -0.1) is 0 Å². The average molecular weight is 295 g/mol. The monoisotopic (exact) mass is 294 g/mol. The lowest BCUT2D eigenvalue weighted by Crippen LogP contribution is -2.21. The van der Waals surface area contributed by atoms with Gasteiger partial charge in [-0.3, -0.25) is 0 Å². The second-order valence-electron chi connectivity index (χ2n) is 4.30. The number of benzene rings is 2. The fraction of sp³-hybridized carbons (Fsp3) is 0.200. The van der Waals surface area contributed by atoms with Crippen LogP contribution >= 0.6 is 11.6 Å². The molecule has 0 saturated heterocycles. The van der Waals surface area contributed by atoms with Gasteiger partial charge in [-0.2, -0.15) is 0 Å². The quantitative estimate of drug-likeness (QED) is 0.886. The van der Waals surface area contributed by atoms with E-state index in [1.54, 1.807) is 19.2 Å². The predicted molar refractivity (Wildman–Crippen MR) is 79.8 cm³/mol. The molecule has 3 nitrogen and oxygen atoms in total. The van der Waals surface area contributed by atoms with Crippen LogP contribution in [0.1, 0.15) is 11.6 Å². The predicted octanol–water partition coefficient (Wildman–Crippen LogP) is 3.60. The van der Waals surface area contributed by atoms with E-state index in [0.29, 0.717) is 5.56 Å². The summed E-state index contributed by atoms with van der Waals surface area (Å²) >= 11 is 5.80. The first-order valence-corrected chi connectivity index (χ1v) is 6.58. The number of hydrogen-bond donors (Lipinski definition) is 2. The number of nitrogens with two attached hydrogens (primary N) is 1. The Labute approximate surface area is 122 Å². The molecule has 5 heteroatoms. The van der Waals surface area contributed by atoms with Crippen LogP contribution in [0.2, 0.25) is 5.02 Å². The largest absolute Gasteiger partial charge is 0.497 e. The van der Waals surface area contributed by atoms with Crippen molar-refractivity contribution in [1.29, 1.82) is 0 Å². The molecule has 0 fully saturated rings. The van der Waals surface area contributed by atoms with E-state index < -0.39 is 5.82 Å². The summed E-state index contributed by atoms with van der Waals surface area (Å²) in [4.78, 5) is 0. The van der Waals surface area contributed by atoms with Crippen LogP contribution in [-0.4, -0.2) is 13.7 Å². The number of nitrogens with one attached hydrogen (secondary N) is 1. The van der Waals surface area contributed by atoms with Crippen LogP contribution in [0.5, 0.6) is 5.75 Å². The third-order valence-corrected chi connectivity index (χ3v) is 3.32. The molecule has 1 unspecified atom stereocenters. The minimum absolute atomic E-state index is 0.0949. The highest BCUT2D eigenvalue weighted by Gasteiger charge is 2.16. The molecule has 106 valence electrons. The molecule has 2 aromatic carbocycles. The van der Waals surface area contributed by atoms with Crippen molar-refractivity contribution in [1.82, 2.24) is 0 Å². The number of methoxy groups -OCH3 is 1. The summed E-state index contributed by atoms with van der Waals surface area (Å²) in [5.74, 6) is 0.319. The zero-order chi connectivity index (χ0) is 14.5. The maximum atomic E-state index is 14.0. The second kappa shape index (κ2) is 6.59. The summed E-state index contributed by atoms with van der Waals surface area (Å²) in [5.41, 5.74) is 7.02. The lowest BCUT2D eigenvalue weighted by molar-refractivity contribution is 0.415. The van der Waals surface area contributed by atoms with E-state index in [-0.39, 0.29) is 17.6 Å². The highest BCUT2D eigenvalue weighted by atomic mass is 35.5. The van der Waals surface area contributed by atoms with E-state index in [0.717, 1.165) is 11.4 Å². The van der Waals surface area contributed by atoms with Crippen LogP contribution in [0.25, 0.3) is 0 Å². The summed E-state index contributed by atoms with van der Waals surface area (Å²) in [7, 11) is 1.60. The standard InChI is InChI=1S/C15H16ClFN2O/c1-20-11-7-5-10(6-8-11)19-14(9-18)12-3-2-4-13(16)15(12)17/h2-8,14,19H,9,18H2,1H3.